The zero-order valence-electron chi connectivity index (χ0n) is 21.2. The smallest absolute Gasteiger partial charge is 0.317 e. The van der Waals surface area contributed by atoms with Gasteiger partial charge >= 0.3 is 6.03 Å². The van der Waals surface area contributed by atoms with E-state index in [4.69, 9.17) is 9.47 Å². The molecular weight excluding hydrogens is 476 g/mol. The summed E-state index contributed by atoms with van der Waals surface area (Å²) in [6.45, 7) is 13.5. The lowest BCUT2D eigenvalue weighted by Gasteiger charge is -2.39. The number of carbonyl (C=O) groups excluding carboxylic acids is 2. The van der Waals surface area contributed by atoms with Gasteiger partial charge in [0.1, 0.15) is 5.75 Å². The van der Waals surface area contributed by atoms with Gasteiger partial charge in [0, 0.05) is 37.8 Å². The minimum absolute atomic E-state index is 0.0219. The molecule has 0 unspecified atom stereocenters. The number of hydrogen-bond donors (Lipinski definition) is 1. The molecule has 0 bridgehead atoms. The molecule has 0 radical (unpaired) electrons. The molecule has 36 heavy (non-hydrogen) atoms. The summed E-state index contributed by atoms with van der Waals surface area (Å²) in [6.07, 6.45) is 5.78. The fourth-order valence-electron chi connectivity index (χ4n) is 5.46. The van der Waals surface area contributed by atoms with Crippen LogP contribution in [-0.4, -0.2) is 85.6 Å². The van der Waals surface area contributed by atoms with Crippen LogP contribution in [0.15, 0.2) is 41.9 Å². The number of hydrogen-bond acceptors (Lipinski definition) is 6. The van der Waals surface area contributed by atoms with Crippen LogP contribution in [0.1, 0.15) is 25.3 Å². The number of aliphatic imine (C=N–C) groups is 1. The van der Waals surface area contributed by atoms with E-state index in [1.807, 2.05) is 36.1 Å². The van der Waals surface area contributed by atoms with Gasteiger partial charge < -0.3 is 24.6 Å². The van der Waals surface area contributed by atoms with E-state index in [0.717, 1.165) is 35.4 Å². The Hall–Kier alpha value is -2.78. The quantitative estimate of drug-likeness (QED) is 0.407. The normalized spacial score (nSPS) is 25.2. The fourth-order valence-corrected chi connectivity index (χ4v) is 6.85. The number of piperidine rings is 1. The van der Waals surface area contributed by atoms with Gasteiger partial charge in [0.05, 0.1) is 31.3 Å². The highest BCUT2D eigenvalue weighted by atomic mass is 32.2. The van der Waals surface area contributed by atoms with E-state index in [9.17, 15) is 9.59 Å². The van der Waals surface area contributed by atoms with E-state index in [2.05, 4.69) is 29.7 Å². The minimum atomic E-state index is -0.0502. The van der Waals surface area contributed by atoms with Crippen molar-refractivity contribution >= 4 is 41.0 Å². The second-order valence-corrected chi connectivity index (χ2v) is 10.4. The summed E-state index contributed by atoms with van der Waals surface area (Å²) in [6, 6.07) is 5.76. The lowest BCUT2D eigenvalue weighted by atomic mass is 9.79. The van der Waals surface area contributed by atoms with Gasteiger partial charge in [-0.3, -0.25) is 9.79 Å². The molecule has 4 atom stereocenters. The Morgan fingerprint density at radius 2 is 2.14 bits per heavy atom. The molecule has 0 aliphatic carbocycles. The molecule has 8 nitrogen and oxygen atoms in total. The standard InChI is InChI=1S/C27H36N4O4S/c1-5-18(17-29-26(32)30-11-13-35-14-12-30)19-9-10-31-24(15-19)25(36-27(31)33)21(6-2)22-16-20(34-4)7-8-23(22)28-3/h5-8,16,18-19,24-25H,1,3,9-15,17H2,2,4H3,(H,29,32)/b21-6+/t18-,19-,24-,25-/m0/s1. The Balaban J connectivity index is 1.49. The molecule has 3 saturated heterocycles. The zero-order valence-corrected chi connectivity index (χ0v) is 22.0. The van der Waals surface area contributed by atoms with E-state index >= 15 is 0 Å². The number of allylic oxidation sites excluding steroid dienone is 1. The average molecular weight is 513 g/mol. The van der Waals surface area contributed by atoms with Crippen LogP contribution < -0.4 is 10.1 Å². The monoisotopic (exact) mass is 512 g/mol. The molecular formula is C27H36N4O4S. The van der Waals surface area contributed by atoms with E-state index in [1.54, 1.807) is 12.0 Å². The van der Waals surface area contributed by atoms with Crippen molar-refractivity contribution < 1.29 is 19.1 Å². The molecule has 3 heterocycles. The van der Waals surface area contributed by atoms with Crippen LogP contribution in [0.3, 0.4) is 0 Å². The van der Waals surface area contributed by atoms with Crippen molar-refractivity contribution in [3.05, 3.63) is 42.5 Å². The number of urea groups is 1. The van der Waals surface area contributed by atoms with E-state index in [-0.39, 0.29) is 28.5 Å². The predicted octanol–water partition coefficient (Wildman–Crippen LogP) is 4.59. The maximum Gasteiger partial charge on any atom is 0.317 e. The number of carbonyl (C=O) groups is 2. The maximum atomic E-state index is 13.0. The van der Waals surface area contributed by atoms with Gasteiger partial charge in [0.2, 0.25) is 0 Å². The number of rotatable bonds is 8. The number of nitrogens with zero attached hydrogens (tertiary/aromatic N) is 3. The Labute approximate surface area is 217 Å². The predicted molar refractivity (Wildman–Crippen MR) is 145 cm³/mol. The first-order valence-electron chi connectivity index (χ1n) is 12.5. The molecule has 0 aromatic heterocycles. The third-order valence-corrected chi connectivity index (χ3v) is 8.75. The Bertz CT molecular complexity index is 1020. The van der Waals surface area contributed by atoms with Crippen molar-refractivity contribution in [1.29, 1.82) is 0 Å². The molecule has 3 aliphatic heterocycles. The highest BCUT2D eigenvalue weighted by molar-refractivity contribution is 8.14. The number of fused-ring (bicyclic) bond motifs is 1. The molecule has 3 fully saturated rings. The van der Waals surface area contributed by atoms with Crippen LogP contribution in [0.5, 0.6) is 5.75 Å². The summed E-state index contributed by atoms with van der Waals surface area (Å²) >= 11 is 1.39. The molecule has 1 N–H and O–H groups in total. The number of methoxy groups -OCH3 is 1. The topological polar surface area (TPSA) is 83.5 Å². The third-order valence-electron chi connectivity index (χ3n) is 7.50. The second kappa shape index (κ2) is 12.0. The van der Waals surface area contributed by atoms with Crippen molar-refractivity contribution in [2.75, 3.05) is 46.5 Å². The first-order valence-corrected chi connectivity index (χ1v) is 13.4. The van der Waals surface area contributed by atoms with E-state index < -0.39 is 0 Å². The fraction of sp³-hybridized carbons (Fsp3) is 0.519. The van der Waals surface area contributed by atoms with Gasteiger partial charge in [0.15, 0.2) is 0 Å². The number of ether oxygens (including phenoxy) is 2. The zero-order chi connectivity index (χ0) is 25.7. The van der Waals surface area contributed by atoms with Crippen LogP contribution in [0.4, 0.5) is 15.3 Å². The number of amides is 3. The van der Waals surface area contributed by atoms with Crippen LogP contribution in [0.25, 0.3) is 5.57 Å². The molecule has 1 aromatic rings. The summed E-state index contributed by atoms with van der Waals surface area (Å²) in [4.78, 5) is 33.6. The maximum absolute atomic E-state index is 13.0. The van der Waals surface area contributed by atoms with Crippen molar-refractivity contribution in [2.24, 2.45) is 16.8 Å². The summed E-state index contributed by atoms with van der Waals surface area (Å²) in [5.41, 5.74) is 2.79. The van der Waals surface area contributed by atoms with Crippen molar-refractivity contribution in [3.63, 3.8) is 0 Å². The summed E-state index contributed by atoms with van der Waals surface area (Å²) < 4.78 is 10.8. The molecule has 9 heteroatoms. The van der Waals surface area contributed by atoms with Crippen LogP contribution in [0.2, 0.25) is 0 Å². The van der Waals surface area contributed by atoms with Crippen molar-refractivity contribution in [2.45, 2.75) is 31.1 Å². The van der Waals surface area contributed by atoms with Crippen LogP contribution in [0, 0.1) is 11.8 Å². The Morgan fingerprint density at radius 3 is 2.81 bits per heavy atom. The van der Waals surface area contributed by atoms with Crippen LogP contribution in [-0.2, 0) is 4.74 Å². The Kier molecular flexibility index (Phi) is 8.74. The first-order chi connectivity index (χ1) is 17.5. The molecule has 3 aliphatic rings. The highest BCUT2D eigenvalue weighted by Gasteiger charge is 2.46. The van der Waals surface area contributed by atoms with Gasteiger partial charge in [0.25, 0.3) is 5.24 Å². The van der Waals surface area contributed by atoms with Gasteiger partial charge in [-0.05, 0) is 62.1 Å². The van der Waals surface area contributed by atoms with Gasteiger partial charge in [-0.25, -0.2) is 4.79 Å². The lowest BCUT2D eigenvalue weighted by molar-refractivity contribution is 0.0527. The SMILES string of the molecule is C=C[C@@H](CNC(=O)N1CCOCC1)[C@H]1CCN2C(=O)S[C@@H](/C(=C/C)c3cc(OC)ccc3N=C)[C@@H]2C1. The molecule has 0 saturated carbocycles. The summed E-state index contributed by atoms with van der Waals surface area (Å²) in [5, 5.41) is 3.20. The van der Waals surface area contributed by atoms with Crippen molar-refractivity contribution in [3.8, 4) is 5.75 Å². The number of thioether (sulfide) groups is 1. The summed E-state index contributed by atoms with van der Waals surface area (Å²) in [5.74, 6) is 1.20. The molecule has 194 valence electrons. The molecule has 1 aromatic carbocycles. The van der Waals surface area contributed by atoms with E-state index in [1.165, 1.54) is 11.8 Å². The first kappa shape index (κ1) is 26.3. The minimum Gasteiger partial charge on any atom is -0.497 e. The van der Waals surface area contributed by atoms with Crippen molar-refractivity contribution in [1.82, 2.24) is 15.1 Å². The second-order valence-electron chi connectivity index (χ2n) is 9.32. The van der Waals surface area contributed by atoms with Gasteiger partial charge in [-0.15, -0.1) is 6.58 Å². The summed E-state index contributed by atoms with van der Waals surface area (Å²) in [7, 11) is 1.64. The number of benzene rings is 1. The highest BCUT2D eigenvalue weighted by Crippen LogP contribution is 2.47. The number of nitrogens with one attached hydrogen (secondary N) is 1. The van der Waals surface area contributed by atoms with Crippen LogP contribution >= 0.6 is 11.8 Å². The largest absolute Gasteiger partial charge is 0.497 e. The lowest BCUT2D eigenvalue weighted by Crippen LogP contribution is -2.49. The Morgan fingerprint density at radius 1 is 1.36 bits per heavy atom. The molecule has 4 rings (SSSR count). The third kappa shape index (κ3) is 5.47. The van der Waals surface area contributed by atoms with E-state index in [0.29, 0.717) is 45.3 Å². The molecule has 0 spiro atoms. The average Bonchev–Trinajstić information content (AvgIpc) is 3.25. The molecule has 3 amide bonds. The van der Waals surface area contributed by atoms with Gasteiger partial charge in [-0.2, -0.15) is 0 Å². The van der Waals surface area contributed by atoms with Gasteiger partial charge in [-0.1, -0.05) is 23.9 Å². The number of morpholine rings is 1.